The summed E-state index contributed by atoms with van der Waals surface area (Å²) in [5, 5.41) is 3.13. The van der Waals surface area contributed by atoms with Crippen molar-refractivity contribution < 1.29 is 22.7 Å². The van der Waals surface area contributed by atoms with Crippen LogP contribution in [0.5, 0.6) is 11.5 Å². The number of methoxy groups -OCH3 is 2. The van der Waals surface area contributed by atoms with Gasteiger partial charge in [0, 0.05) is 30.3 Å². The van der Waals surface area contributed by atoms with Crippen molar-refractivity contribution in [1.82, 2.24) is 10.2 Å². The molecule has 1 saturated carbocycles. The van der Waals surface area contributed by atoms with Crippen molar-refractivity contribution >= 4 is 33.2 Å². The van der Waals surface area contributed by atoms with Crippen molar-refractivity contribution in [2.75, 3.05) is 32.5 Å². The SMILES string of the molecule is COc1cc(OC)c(NS(=O)(=O)c2cc(C(=O)NCC(C)N(C)C3CC3)ccc2C)cc1Cl. The van der Waals surface area contributed by atoms with Gasteiger partial charge in [-0.25, -0.2) is 8.42 Å². The Labute approximate surface area is 200 Å². The smallest absolute Gasteiger partial charge is 0.262 e. The van der Waals surface area contributed by atoms with E-state index in [1.807, 2.05) is 0 Å². The third-order valence-corrected chi connectivity index (χ3v) is 7.64. The van der Waals surface area contributed by atoms with Gasteiger partial charge in [-0.1, -0.05) is 17.7 Å². The second kappa shape index (κ2) is 10.2. The lowest BCUT2D eigenvalue weighted by Gasteiger charge is -2.24. The van der Waals surface area contributed by atoms with Gasteiger partial charge in [0.05, 0.1) is 29.8 Å². The number of amides is 1. The van der Waals surface area contributed by atoms with E-state index in [4.69, 9.17) is 21.1 Å². The number of hydrogen-bond donors (Lipinski definition) is 2. The molecule has 0 spiro atoms. The van der Waals surface area contributed by atoms with E-state index in [9.17, 15) is 13.2 Å². The second-order valence-electron chi connectivity index (χ2n) is 8.23. The van der Waals surface area contributed by atoms with Gasteiger partial charge in [-0.05, 0) is 57.5 Å². The van der Waals surface area contributed by atoms with Crippen LogP contribution in [0.4, 0.5) is 5.69 Å². The summed E-state index contributed by atoms with van der Waals surface area (Å²) in [7, 11) is 0.886. The molecule has 180 valence electrons. The first kappa shape index (κ1) is 25.1. The molecule has 1 unspecified atom stereocenters. The number of ether oxygens (including phenoxy) is 2. The molecule has 0 radical (unpaired) electrons. The van der Waals surface area contributed by atoms with E-state index in [1.54, 1.807) is 19.1 Å². The minimum Gasteiger partial charge on any atom is -0.495 e. The molecule has 0 heterocycles. The molecule has 1 amide bonds. The molecule has 3 rings (SSSR count). The molecule has 0 aromatic heterocycles. The number of carbonyl (C=O) groups excluding carboxylic acids is 1. The van der Waals surface area contributed by atoms with Gasteiger partial charge in [0.1, 0.15) is 11.5 Å². The summed E-state index contributed by atoms with van der Waals surface area (Å²) in [6.45, 7) is 4.20. The molecule has 1 atom stereocenters. The Bertz CT molecular complexity index is 1140. The molecular weight excluding hydrogens is 466 g/mol. The number of hydrogen-bond acceptors (Lipinski definition) is 6. The predicted molar refractivity (Wildman–Crippen MR) is 129 cm³/mol. The van der Waals surface area contributed by atoms with Crippen LogP contribution >= 0.6 is 11.6 Å². The fourth-order valence-corrected chi connectivity index (χ4v) is 5.07. The number of nitrogens with one attached hydrogen (secondary N) is 2. The Morgan fingerprint density at radius 1 is 1.18 bits per heavy atom. The Balaban J connectivity index is 1.80. The number of benzene rings is 2. The minimum absolute atomic E-state index is 0.00714. The number of carbonyl (C=O) groups is 1. The molecule has 1 aliphatic carbocycles. The van der Waals surface area contributed by atoms with Crippen molar-refractivity contribution in [1.29, 1.82) is 0 Å². The van der Waals surface area contributed by atoms with Gasteiger partial charge in [-0.15, -0.1) is 0 Å². The zero-order valence-corrected chi connectivity index (χ0v) is 21.0. The lowest BCUT2D eigenvalue weighted by Crippen LogP contribution is -2.41. The van der Waals surface area contributed by atoms with Crippen molar-refractivity contribution in [3.63, 3.8) is 0 Å². The number of nitrogens with zero attached hydrogens (tertiary/aromatic N) is 1. The van der Waals surface area contributed by atoms with E-state index in [0.29, 0.717) is 23.9 Å². The molecule has 33 heavy (non-hydrogen) atoms. The molecule has 2 N–H and O–H groups in total. The Morgan fingerprint density at radius 3 is 2.45 bits per heavy atom. The molecule has 10 heteroatoms. The van der Waals surface area contributed by atoms with Gasteiger partial charge in [-0.3, -0.25) is 14.4 Å². The lowest BCUT2D eigenvalue weighted by molar-refractivity contribution is 0.0939. The molecule has 2 aromatic rings. The van der Waals surface area contributed by atoms with Crippen LogP contribution in [0.15, 0.2) is 35.2 Å². The van der Waals surface area contributed by atoms with Crippen LogP contribution in [0.25, 0.3) is 0 Å². The van der Waals surface area contributed by atoms with E-state index in [2.05, 4.69) is 28.9 Å². The molecule has 1 fully saturated rings. The summed E-state index contributed by atoms with van der Waals surface area (Å²) in [5.41, 5.74) is 0.927. The molecule has 0 bridgehead atoms. The Hall–Kier alpha value is -2.49. The van der Waals surface area contributed by atoms with Crippen LogP contribution in [-0.4, -0.2) is 59.1 Å². The topological polar surface area (TPSA) is 97.0 Å². The Kier molecular flexibility index (Phi) is 7.76. The summed E-state index contributed by atoms with van der Waals surface area (Å²) >= 11 is 6.17. The minimum atomic E-state index is -4.03. The standard InChI is InChI=1S/C23H30ClN3O5S/c1-14-6-7-16(23(28)25-13-15(2)27(3)17-8-9-17)10-22(14)33(29,30)26-19-11-18(24)20(31-4)12-21(19)32-5/h6-7,10-12,15,17,26H,8-9,13H2,1-5H3,(H,25,28). The maximum atomic E-state index is 13.2. The molecule has 0 aliphatic heterocycles. The van der Waals surface area contributed by atoms with Gasteiger partial charge >= 0.3 is 0 Å². The van der Waals surface area contributed by atoms with Crippen molar-refractivity contribution in [3.8, 4) is 11.5 Å². The second-order valence-corrected chi connectivity index (χ2v) is 10.3. The van der Waals surface area contributed by atoms with Crippen LogP contribution in [-0.2, 0) is 10.0 Å². The van der Waals surface area contributed by atoms with Crippen LogP contribution in [0.1, 0.15) is 35.7 Å². The van der Waals surface area contributed by atoms with Crippen molar-refractivity contribution in [3.05, 3.63) is 46.5 Å². The summed E-state index contributed by atoms with van der Waals surface area (Å²) < 4.78 is 39.3. The van der Waals surface area contributed by atoms with E-state index in [0.717, 1.165) is 0 Å². The normalized spacial score (nSPS) is 14.6. The number of anilines is 1. The summed E-state index contributed by atoms with van der Waals surface area (Å²) in [6.07, 6.45) is 2.37. The summed E-state index contributed by atoms with van der Waals surface area (Å²) in [5.74, 6) is 0.278. The van der Waals surface area contributed by atoms with Crippen LogP contribution in [0, 0.1) is 6.92 Å². The average molecular weight is 496 g/mol. The number of likely N-dealkylation sites (N-methyl/N-ethyl adjacent to an activating group) is 1. The van der Waals surface area contributed by atoms with E-state index in [1.165, 1.54) is 45.3 Å². The summed E-state index contributed by atoms with van der Waals surface area (Å²) in [4.78, 5) is 15.0. The van der Waals surface area contributed by atoms with Gasteiger partial charge in [0.25, 0.3) is 15.9 Å². The first-order chi connectivity index (χ1) is 15.6. The van der Waals surface area contributed by atoms with Gasteiger partial charge < -0.3 is 14.8 Å². The van der Waals surface area contributed by atoms with Crippen LogP contribution < -0.4 is 19.5 Å². The number of halogens is 1. The maximum absolute atomic E-state index is 13.2. The highest BCUT2D eigenvalue weighted by molar-refractivity contribution is 7.92. The number of sulfonamides is 1. The monoisotopic (exact) mass is 495 g/mol. The number of aryl methyl sites for hydroxylation is 1. The highest BCUT2D eigenvalue weighted by Gasteiger charge is 2.29. The summed E-state index contributed by atoms with van der Waals surface area (Å²) in [6, 6.07) is 8.29. The average Bonchev–Trinajstić information content (AvgIpc) is 3.62. The largest absolute Gasteiger partial charge is 0.495 e. The molecule has 8 nitrogen and oxygen atoms in total. The van der Waals surface area contributed by atoms with Gasteiger partial charge in [-0.2, -0.15) is 0 Å². The van der Waals surface area contributed by atoms with Crippen LogP contribution in [0.2, 0.25) is 5.02 Å². The van der Waals surface area contributed by atoms with E-state index in [-0.39, 0.29) is 38.9 Å². The fraction of sp³-hybridized carbons (Fsp3) is 0.435. The zero-order chi connectivity index (χ0) is 24.3. The van der Waals surface area contributed by atoms with Crippen LogP contribution in [0.3, 0.4) is 0 Å². The molecular formula is C23H30ClN3O5S. The molecule has 0 saturated heterocycles. The van der Waals surface area contributed by atoms with Gasteiger partial charge in [0.15, 0.2) is 0 Å². The van der Waals surface area contributed by atoms with Crippen molar-refractivity contribution in [2.45, 2.75) is 43.7 Å². The van der Waals surface area contributed by atoms with Gasteiger partial charge in [0.2, 0.25) is 0 Å². The highest BCUT2D eigenvalue weighted by atomic mass is 35.5. The maximum Gasteiger partial charge on any atom is 0.262 e. The lowest BCUT2D eigenvalue weighted by atomic mass is 10.1. The van der Waals surface area contributed by atoms with E-state index < -0.39 is 10.0 Å². The third kappa shape index (κ3) is 5.90. The first-order valence-corrected chi connectivity index (χ1v) is 12.5. The Morgan fingerprint density at radius 2 is 1.85 bits per heavy atom. The predicted octanol–water partition coefficient (Wildman–Crippen LogP) is 3.68. The fourth-order valence-electron chi connectivity index (χ4n) is 3.50. The third-order valence-electron chi connectivity index (χ3n) is 5.83. The first-order valence-electron chi connectivity index (χ1n) is 10.6. The quantitative estimate of drug-likeness (QED) is 0.522. The number of rotatable bonds is 10. The zero-order valence-electron chi connectivity index (χ0n) is 19.4. The van der Waals surface area contributed by atoms with E-state index >= 15 is 0 Å². The molecule has 1 aliphatic rings. The highest BCUT2D eigenvalue weighted by Crippen LogP contribution is 2.37. The molecule has 2 aromatic carbocycles. The van der Waals surface area contributed by atoms with Crippen molar-refractivity contribution in [2.24, 2.45) is 0 Å².